The number of hydrogen-bond acceptors (Lipinski definition) is 20. The lowest BCUT2D eigenvalue weighted by molar-refractivity contribution is -0.120. The number of aromatic nitrogens is 4. The normalized spacial score (nSPS) is 14.0. The summed E-state index contributed by atoms with van der Waals surface area (Å²) in [4.78, 5) is 119. The van der Waals surface area contributed by atoms with Crippen molar-refractivity contribution >= 4 is 108 Å². The first-order valence-corrected chi connectivity index (χ1v) is 43.9. The second kappa shape index (κ2) is 32.8. The van der Waals surface area contributed by atoms with E-state index < -0.39 is 65.1 Å². The summed E-state index contributed by atoms with van der Waals surface area (Å²) >= 11 is 0. The van der Waals surface area contributed by atoms with E-state index in [1.807, 2.05) is 97.1 Å². The van der Waals surface area contributed by atoms with E-state index in [1.165, 1.54) is 79.8 Å². The molecule has 2 unspecified atom stereocenters. The lowest BCUT2D eigenvalue weighted by Crippen LogP contribution is -2.47. The lowest BCUT2D eigenvalue weighted by Gasteiger charge is -2.36. The SMILES string of the molecule is CO[Si](Cc1ccnc(NC(=O)C(c2cccnc2)N2C(=O)c3cc(Oc4ccc(C(C)(C)C)cc4)c4c5c(Oc6ccc(C(C)(C)C)cc6)cc6c7c(cc(Oc8ccc(C(C)(C)C)cc8)c(c8c(Oc9ccc(C(C)(C)C)cc9)cc(c3c48)C2=O)c75)C(=O)N(C(C(=O)Nc2cc(C[Si](OC)(OC)OC)ccn2)c2cccnc2)C6=O)c1)(OC)OC. The van der Waals surface area contributed by atoms with E-state index in [9.17, 15) is 0 Å². The summed E-state index contributed by atoms with van der Waals surface area (Å²) < 4.78 is 64.4. The van der Waals surface area contributed by atoms with Gasteiger partial charge < -0.3 is 56.1 Å². The van der Waals surface area contributed by atoms with Crippen LogP contribution in [0.15, 0.2) is 207 Å². The van der Waals surface area contributed by atoms with Gasteiger partial charge in [0.1, 0.15) is 69.7 Å². The Labute approximate surface area is 709 Å². The average molecular weight is 1670 g/mol. The predicted molar refractivity (Wildman–Crippen MR) is 470 cm³/mol. The van der Waals surface area contributed by atoms with Crippen molar-refractivity contribution < 1.29 is 74.3 Å². The Morgan fingerprint density at radius 2 is 0.607 bits per heavy atom. The lowest BCUT2D eigenvalue weighted by atomic mass is 9.80. The molecule has 24 nitrogen and oxygen atoms in total. The fourth-order valence-corrected chi connectivity index (χ4v) is 19.3. The van der Waals surface area contributed by atoms with Gasteiger partial charge in [0.2, 0.25) is 0 Å². The molecule has 2 atom stereocenters. The van der Waals surface area contributed by atoms with Crippen LogP contribution in [-0.4, -0.2) is 125 Å². The first kappa shape index (κ1) is 84.5. The van der Waals surface area contributed by atoms with Gasteiger partial charge in [-0.1, -0.05) is 144 Å². The number of rotatable bonds is 26. The van der Waals surface area contributed by atoms with E-state index in [4.69, 9.17) is 45.5 Å². The number of imide groups is 2. The van der Waals surface area contributed by atoms with Crippen LogP contribution in [0.2, 0.25) is 0 Å². The van der Waals surface area contributed by atoms with Gasteiger partial charge in [0.05, 0.1) is 22.3 Å². The van der Waals surface area contributed by atoms with Crippen molar-refractivity contribution in [2.45, 2.75) is 129 Å². The average Bonchev–Trinajstić information content (AvgIpc) is 0.668. The van der Waals surface area contributed by atoms with Gasteiger partial charge in [-0.3, -0.25) is 48.5 Å². The maximum atomic E-state index is 17.0. The summed E-state index contributed by atoms with van der Waals surface area (Å²) in [6.45, 7) is 25.1. The molecule has 122 heavy (non-hydrogen) atoms. The second-order valence-electron chi connectivity index (χ2n) is 34.6. The number of anilines is 2. The molecule has 2 aliphatic heterocycles. The molecular formula is C96H96N8O16Si2. The molecule has 6 heterocycles. The molecule has 0 spiro atoms. The highest BCUT2D eigenvalue weighted by atomic mass is 28.4. The van der Waals surface area contributed by atoms with Crippen LogP contribution in [0.4, 0.5) is 11.6 Å². The van der Waals surface area contributed by atoms with Crippen LogP contribution in [-0.2, 0) is 69.9 Å². The Morgan fingerprint density at radius 3 is 0.836 bits per heavy atom. The van der Waals surface area contributed by atoms with E-state index in [0.717, 1.165) is 32.1 Å². The van der Waals surface area contributed by atoms with Crippen LogP contribution in [0.1, 0.15) is 181 Å². The first-order valence-electron chi connectivity index (χ1n) is 40.0. The summed E-state index contributed by atoms with van der Waals surface area (Å²) in [5.41, 5.74) is 3.90. The molecular weight excluding hydrogens is 1580 g/mol. The number of amides is 6. The molecule has 9 aromatic carbocycles. The van der Waals surface area contributed by atoms with Gasteiger partial charge in [-0.05, 0) is 164 Å². The van der Waals surface area contributed by atoms with Crippen molar-refractivity contribution in [3.05, 3.63) is 274 Å². The minimum atomic E-state index is -3.26. The highest BCUT2D eigenvalue weighted by Crippen LogP contribution is 2.59. The van der Waals surface area contributed by atoms with Crippen molar-refractivity contribution in [2.75, 3.05) is 53.3 Å². The van der Waals surface area contributed by atoms with E-state index >= 15 is 28.8 Å². The quantitative estimate of drug-likeness (QED) is 0.0220. The third kappa shape index (κ3) is 16.1. The Bertz CT molecular complexity index is 5600. The smallest absolute Gasteiger partial charge is 0.457 e. The standard InChI is InChI=1S/C96H96N8O16Si2/c1-93(2,3)59-23-31-63(32-24-59)117-71-47-67-77-68(90(108)103(89(67)107)85(57-21-19-41-97-51-57)87(105)101-75-45-55(39-43-99-75)53-121(111-13,112-14)113-15)49-73(119-65-35-27-61(28-36-65)95(7,8)9)81-82-74(120-66-37-29-62(30-38-66)96(10,11)12)50-70-78-69(48-72(80(84(78)82)79(71)83(77)81)118-64-33-25-60(26-34-64)94(4,5)6)91(109)104(92(70)110)86(58-22-20-42-98-52-58)88(106)102-76-46-56(40-44-100-76)54-122(114-16,115-17)116-18/h19-52,85-86H,53-54H2,1-18H3,(H,99,101,105)(H,100,102,106). The van der Waals surface area contributed by atoms with Crippen molar-refractivity contribution in [2.24, 2.45) is 0 Å². The second-order valence-corrected chi connectivity index (χ2v) is 40.4. The summed E-state index contributed by atoms with van der Waals surface area (Å²) in [6.07, 6.45) is 8.87. The van der Waals surface area contributed by atoms with Crippen molar-refractivity contribution in [3.63, 3.8) is 0 Å². The van der Waals surface area contributed by atoms with Crippen LogP contribution in [0.25, 0.3) is 43.1 Å². The number of carbonyl (C=O) groups excluding carboxylic acids is 6. The van der Waals surface area contributed by atoms with Crippen LogP contribution >= 0.6 is 0 Å². The van der Waals surface area contributed by atoms with Gasteiger partial charge in [-0.2, -0.15) is 0 Å². The topological polar surface area (TPSA) is 277 Å². The minimum Gasteiger partial charge on any atom is -0.457 e. The third-order valence-electron chi connectivity index (χ3n) is 22.6. The molecule has 624 valence electrons. The molecule has 26 heteroatoms. The van der Waals surface area contributed by atoms with Crippen LogP contribution in [0, 0.1) is 0 Å². The zero-order valence-electron chi connectivity index (χ0n) is 71.4. The molecule has 13 aromatic rings. The largest absolute Gasteiger partial charge is 0.504 e. The van der Waals surface area contributed by atoms with Gasteiger partial charge in [-0.15, -0.1) is 0 Å². The highest BCUT2D eigenvalue weighted by molar-refractivity contribution is 6.60. The molecule has 0 saturated carbocycles. The molecule has 0 aliphatic carbocycles. The number of hydrogen-bond donors (Lipinski definition) is 2. The van der Waals surface area contributed by atoms with Crippen molar-refractivity contribution in [1.29, 1.82) is 0 Å². The van der Waals surface area contributed by atoms with Crippen LogP contribution < -0.4 is 29.6 Å². The molecule has 0 saturated heterocycles. The van der Waals surface area contributed by atoms with Gasteiger partial charge in [-0.25, -0.2) is 9.97 Å². The van der Waals surface area contributed by atoms with Crippen molar-refractivity contribution in [3.8, 4) is 46.0 Å². The Balaban J connectivity index is 1.06. The predicted octanol–water partition coefficient (Wildman–Crippen LogP) is 19.5. The van der Waals surface area contributed by atoms with Gasteiger partial charge >= 0.3 is 17.6 Å². The van der Waals surface area contributed by atoms with E-state index in [2.05, 4.69) is 114 Å². The van der Waals surface area contributed by atoms with Gasteiger partial charge in [0.15, 0.2) is 0 Å². The molecule has 6 amide bonds. The Hall–Kier alpha value is -12.5. The number of benzene rings is 9. The fraction of sp³-hybridized carbons (Fsp3) is 0.271. The molecule has 4 aromatic heterocycles. The fourth-order valence-electron chi connectivity index (χ4n) is 16.0. The Kier molecular flexibility index (Phi) is 22.7. The number of ether oxygens (including phenoxy) is 4. The maximum Gasteiger partial charge on any atom is 0.504 e. The molecule has 15 rings (SSSR count). The van der Waals surface area contributed by atoms with E-state index in [1.54, 1.807) is 72.8 Å². The van der Waals surface area contributed by atoms with Gasteiger partial charge in [0.25, 0.3) is 35.4 Å². The molecule has 2 N–H and O–H groups in total. The monoisotopic (exact) mass is 1670 g/mol. The Morgan fingerprint density at radius 1 is 0.344 bits per heavy atom. The molecule has 0 bridgehead atoms. The number of nitrogens with one attached hydrogen (secondary N) is 2. The number of fused-ring (bicyclic) bond motifs is 2. The van der Waals surface area contributed by atoms with E-state index in [-0.39, 0.29) is 145 Å². The summed E-state index contributed by atoms with van der Waals surface area (Å²) in [5, 5.41) is 7.41. The van der Waals surface area contributed by atoms with Crippen molar-refractivity contribution in [1.82, 2.24) is 29.7 Å². The minimum absolute atomic E-state index is 0.0176. The van der Waals surface area contributed by atoms with Gasteiger partial charge in [0, 0.05) is 146 Å². The third-order valence-corrected chi connectivity index (χ3v) is 28.0. The first-order chi connectivity index (χ1) is 58.1. The van der Waals surface area contributed by atoms with Crippen LogP contribution in [0.3, 0.4) is 0 Å². The highest BCUT2D eigenvalue weighted by Gasteiger charge is 2.49. The number of pyridine rings is 4. The molecule has 0 radical (unpaired) electrons. The maximum absolute atomic E-state index is 17.0. The number of nitrogens with zero attached hydrogens (tertiary/aromatic N) is 6. The molecule has 2 aliphatic rings. The summed E-state index contributed by atoms with van der Waals surface area (Å²) in [6, 6.07) is 46.4. The molecule has 0 fully saturated rings. The van der Waals surface area contributed by atoms with E-state index in [0.29, 0.717) is 34.1 Å². The summed E-state index contributed by atoms with van der Waals surface area (Å²) in [7, 11) is 2.47. The number of carbonyl (C=O) groups is 6. The zero-order chi connectivity index (χ0) is 86.9. The van der Waals surface area contributed by atoms with Crippen LogP contribution in [0.5, 0.6) is 46.0 Å². The zero-order valence-corrected chi connectivity index (χ0v) is 73.4. The summed E-state index contributed by atoms with van der Waals surface area (Å²) in [5.74, 6) is -3.88.